The third-order valence-corrected chi connectivity index (χ3v) is 4.13. The number of hydrogen-bond acceptors (Lipinski definition) is 4. The van der Waals surface area contributed by atoms with Crippen molar-refractivity contribution in [3.05, 3.63) is 0 Å². The summed E-state index contributed by atoms with van der Waals surface area (Å²) >= 11 is 0. The highest BCUT2D eigenvalue weighted by atomic mass is 16.3. The predicted molar refractivity (Wildman–Crippen MR) is 72.3 cm³/mol. The van der Waals surface area contributed by atoms with Crippen LogP contribution in [-0.4, -0.2) is 73.9 Å². The Bertz CT molecular complexity index is 217. The van der Waals surface area contributed by atoms with Crippen molar-refractivity contribution in [2.24, 2.45) is 0 Å². The summed E-state index contributed by atoms with van der Waals surface area (Å²) in [7, 11) is 6.25. The Labute approximate surface area is 106 Å². The molecule has 1 rings (SSSR count). The molecule has 1 aliphatic rings. The molecule has 1 saturated heterocycles. The summed E-state index contributed by atoms with van der Waals surface area (Å²) < 4.78 is 0. The first-order valence-electron chi connectivity index (χ1n) is 6.69. The first-order chi connectivity index (χ1) is 8.00. The van der Waals surface area contributed by atoms with Crippen LogP contribution in [0.4, 0.5) is 0 Å². The van der Waals surface area contributed by atoms with Crippen molar-refractivity contribution in [2.45, 2.75) is 37.8 Å². The van der Waals surface area contributed by atoms with Gasteiger partial charge in [0.05, 0.1) is 6.61 Å². The third-order valence-electron chi connectivity index (χ3n) is 4.13. The summed E-state index contributed by atoms with van der Waals surface area (Å²) in [6.07, 6.45) is 3.47. The monoisotopic (exact) mass is 243 g/mol. The number of likely N-dealkylation sites (N-methyl/N-ethyl adjacent to an activating group) is 2. The minimum atomic E-state index is -0.110. The maximum absolute atomic E-state index is 9.31. The summed E-state index contributed by atoms with van der Waals surface area (Å²) in [6, 6.07) is 0.725. The number of aliphatic hydroxyl groups is 1. The Kier molecular flexibility index (Phi) is 5.86. The molecule has 0 amide bonds. The van der Waals surface area contributed by atoms with Crippen LogP contribution in [0.5, 0.6) is 0 Å². The predicted octanol–water partition coefficient (Wildman–Crippen LogP) is 0.373. The molecule has 1 aliphatic heterocycles. The van der Waals surface area contributed by atoms with Gasteiger partial charge >= 0.3 is 0 Å². The molecule has 2 atom stereocenters. The van der Waals surface area contributed by atoms with Gasteiger partial charge in [-0.25, -0.2) is 0 Å². The van der Waals surface area contributed by atoms with Crippen LogP contribution >= 0.6 is 0 Å². The minimum absolute atomic E-state index is 0.110. The first kappa shape index (κ1) is 14.9. The van der Waals surface area contributed by atoms with Crippen molar-refractivity contribution in [2.75, 3.05) is 47.4 Å². The first-order valence-corrected chi connectivity index (χ1v) is 6.69. The zero-order valence-corrected chi connectivity index (χ0v) is 11.9. The zero-order valence-electron chi connectivity index (χ0n) is 11.9. The van der Waals surface area contributed by atoms with Gasteiger partial charge in [-0.05, 0) is 60.4 Å². The number of rotatable bonds is 7. The van der Waals surface area contributed by atoms with Gasteiger partial charge < -0.3 is 20.2 Å². The van der Waals surface area contributed by atoms with Gasteiger partial charge in [-0.3, -0.25) is 0 Å². The van der Waals surface area contributed by atoms with E-state index in [4.69, 9.17) is 0 Å². The molecule has 1 fully saturated rings. The molecule has 4 nitrogen and oxygen atoms in total. The van der Waals surface area contributed by atoms with E-state index in [1.54, 1.807) is 0 Å². The van der Waals surface area contributed by atoms with Gasteiger partial charge in [0.1, 0.15) is 0 Å². The second-order valence-corrected chi connectivity index (χ2v) is 5.78. The number of aliphatic hydroxyl groups excluding tert-OH is 1. The van der Waals surface area contributed by atoms with Crippen LogP contribution in [0.25, 0.3) is 0 Å². The lowest BCUT2D eigenvalue weighted by Crippen LogP contribution is -2.43. The molecule has 4 heteroatoms. The largest absolute Gasteiger partial charge is 0.394 e. The highest BCUT2D eigenvalue weighted by Crippen LogP contribution is 2.16. The highest BCUT2D eigenvalue weighted by molar-refractivity contribution is 4.83. The minimum Gasteiger partial charge on any atom is -0.394 e. The molecule has 0 aromatic rings. The molecular formula is C13H29N3O. The average molecular weight is 243 g/mol. The van der Waals surface area contributed by atoms with Crippen LogP contribution in [0.15, 0.2) is 0 Å². The molecule has 1 heterocycles. The molecule has 102 valence electrons. The van der Waals surface area contributed by atoms with E-state index in [-0.39, 0.29) is 12.1 Å². The van der Waals surface area contributed by atoms with E-state index >= 15 is 0 Å². The number of nitrogens with zero attached hydrogens (tertiary/aromatic N) is 2. The van der Waals surface area contributed by atoms with Crippen molar-refractivity contribution in [3.63, 3.8) is 0 Å². The van der Waals surface area contributed by atoms with E-state index in [0.29, 0.717) is 0 Å². The number of likely N-dealkylation sites (tertiary alicyclic amines) is 1. The van der Waals surface area contributed by atoms with Gasteiger partial charge in [-0.2, -0.15) is 0 Å². The molecule has 0 aromatic heterocycles. The quantitative estimate of drug-likeness (QED) is 0.678. The fraction of sp³-hybridized carbons (Fsp3) is 1.00. The second kappa shape index (κ2) is 6.69. The van der Waals surface area contributed by atoms with E-state index < -0.39 is 0 Å². The molecule has 17 heavy (non-hydrogen) atoms. The Hall–Kier alpha value is -0.160. The SMILES string of the molecule is CNC(C)(CO)CCCN1CCC(N(C)C)C1. The highest BCUT2D eigenvalue weighted by Gasteiger charge is 2.25. The van der Waals surface area contributed by atoms with Crippen molar-refractivity contribution in [1.82, 2.24) is 15.1 Å². The van der Waals surface area contributed by atoms with E-state index in [1.165, 1.54) is 19.5 Å². The Morgan fingerprint density at radius 3 is 2.65 bits per heavy atom. The molecule has 0 radical (unpaired) electrons. The molecular weight excluding hydrogens is 214 g/mol. The topological polar surface area (TPSA) is 38.7 Å². The Morgan fingerprint density at radius 1 is 1.47 bits per heavy atom. The number of nitrogens with one attached hydrogen (secondary N) is 1. The van der Waals surface area contributed by atoms with Crippen LogP contribution in [0, 0.1) is 0 Å². The molecule has 2 N–H and O–H groups in total. The second-order valence-electron chi connectivity index (χ2n) is 5.78. The van der Waals surface area contributed by atoms with E-state index in [9.17, 15) is 5.11 Å². The van der Waals surface area contributed by atoms with Gasteiger partial charge in [0.2, 0.25) is 0 Å². The summed E-state index contributed by atoms with van der Waals surface area (Å²) in [4.78, 5) is 4.86. The average Bonchev–Trinajstić information content (AvgIpc) is 2.78. The van der Waals surface area contributed by atoms with Crippen molar-refractivity contribution < 1.29 is 5.11 Å². The lowest BCUT2D eigenvalue weighted by Gasteiger charge is -2.28. The normalized spacial score (nSPS) is 25.4. The molecule has 2 unspecified atom stereocenters. The maximum Gasteiger partial charge on any atom is 0.0610 e. The van der Waals surface area contributed by atoms with Crippen LogP contribution in [-0.2, 0) is 0 Å². The fourth-order valence-electron chi connectivity index (χ4n) is 2.41. The summed E-state index contributed by atoms with van der Waals surface area (Å²) in [5, 5.41) is 12.5. The van der Waals surface area contributed by atoms with Crippen LogP contribution in [0.3, 0.4) is 0 Å². The Balaban J connectivity index is 2.20. The molecule has 0 spiro atoms. The van der Waals surface area contributed by atoms with Crippen molar-refractivity contribution in [1.29, 1.82) is 0 Å². The summed E-state index contributed by atoms with van der Waals surface area (Å²) in [5.41, 5.74) is -0.110. The summed E-state index contributed by atoms with van der Waals surface area (Å²) in [5.74, 6) is 0. The third kappa shape index (κ3) is 4.54. The van der Waals surface area contributed by atoms with E-state index in [2.05, 4.69) is 36.1 Å². The van der Waals surface area contributed by atoms with Crippen LogP contribution < -0.4 is 5.32 Å². The molecule has 0 aromatic carbocycles. The van der Waals surface area contributed by atoms with Gasteiger partial charge in [0.15, 0.2) is 0 Å². The zero-order chi connectivity index (χ0) is 12.9. The van der Waals surface area contributed by atoms with Gasteiger partial charge in [-0.1, -0.05) is 0 Å². The maximum atomic E-state index is 9.31. The van der Waals surface area contributed by atoms with Crippen molar-refractivity contribution >= 4 is 0 Å². The summed E-state index contributed by atoms with van der Waals surface area (Å²) in [6.45, 7) is 5.87. The van der Waals surface area contributed by atoms with Crippen molar-refractivity contribution in [3.8, 4) is 0 Å². The van der Waals surface area contributed by atoms with E-state index in [0.717, 1.165) is 25.4 Å². The van der Waals surface area contributed by atoms with E-state index in [1.807, 2.05) is 7.05 Å². The smallest absolute Gasteiger partial charge is 0.0610 e. The standard InChI is InChI=1S/C13H29N3O/c1-13(11-17,14-2)7-5-8-16-9-6-12(10-16)15(3)4/h12,14,17H,5-11H2,1-4H3. The molecule has 0 saturated carbocycles. The lowest BCUT2D eigenvalue weighted by molar-refractivity contribution is 0.165. The molecule has 0 bridgehead atoms. The van der Waals surface area contributed by atoms with Gasteiger partial charge in [0, 0.05) is 18.1 Å². The van der Waals surface area contributed by atoms with Crippen LogP contribution in [0.2, 0.25) is 0 Å². The lowest BCUT2D eigenvalue weighted by atomic mass is 9.97. The Morgan fingerprint density at radius 2 is 2.18 bits per heavy atom. The van der Waals surface area contributed by atoms with Gasteiger partial charge in [0.25, 0.3) is 0 Å². The fourth-order valence-corrected chi connectivity index (χ4v) is 2.41. The van der Waals surface area contributed by atoms with Crippen LogP contribution in [0.1, 0.15) is 26.2 Å². The number of hydrogen-bond donors (Lipinski definition) is 2. The van der Waals surface area contributed by atoms with Gasteiger partial charge in [-0.15, -0.1) is 0 Å². The molecule has 0 aliphatic carbocycles.